The van der Waals surface area contributed by atoms with Crippen LogP contribution in [0.2, 0.25) is 0 Å². The van der Waals surface area contributed by atoms with Crippen molar-refractivity contribution in [2.24, 2.45) is 0 Å². The predicted molar refractivity (Wildman–Crippen MR) is 58.0 cm³/mol. The molecule has 0 aliphatic carbocycles. The zero-order valence-electron chi connectivity index (χ0n) is 8.25. The summed E-state index contributed by atoms with van der Waals surface area (Å²) in [7, 11) is 0. The van der Waals surface area contributed by atoms with Gasteiger partial charge in [-0.25, -0.2) is 4.79 Å². The molecular formula is C10H18O2S. The molecule has 76 valence electrons. The van der Waals surface area contributed by atoms with Gasteiger partial charge in [0.25, 0.3) is 0 Å². The van der Waals surface area contributed by atoms with E-state index in [4.69, 9.17) is 4.74 Å². The number of hydrogen-bond donors (Lipinski definition) is 0. The molecule has 0 amide bonds. The van der Waals surface area contributed by atoms with Gasteiger partial charge < -0.3 is 4.74 Å². The highest BCUT2D eigenvalue weighted by Crippen LogP contribution is 2.05. The van der Waals surface area contributed by atoms with Crippen LogP contribution >= 0.6 is 11.8 Å². The molecule has 0 heterocycles. The Morgan fingerprint density at radius 1 is 1.46 bits per heavy atom. The predicted octanol–water partition coefficient (Wildman–Crippen LogP) is 2.64. The Labute approximate surface area is 84.7 Å². The van der Waals surface area contributed by atoms with Crippen LogP contribution in [0.1, 0.15) is 26.2 Å². The summed E-state index contributed by atoms with van der Waals surface area (Å²) in [6, 6.07) is 0. The second-order valence-electron chi connectivity index (χ2n) is 2.69. The summed E-state index contributed by atoms with van der Waals surface area (Å²) in [6.45, 7) is 6.01. The molecule has 0 aliphatic rings. The maximum Gasteiger partial charge on any atom is 0.330 e. The van der Waals surface area contributed by atoms with E-state index in [-0.39, 0.29) is 5.97 Å². The molecule has 0 fully saturated rings. The first-order chi connectivity index (χ1) is 6.31. The van der Waals surface area contributed by atoms with Gasteiger partial charge in [-0.3, -0.25) is 0 Å². The Kier molecular flexibility index (Phi) is 9.32. The van der Waals surface area contributed by atoms with Crippen molar-refractivity contribution in [1.29, 1.82) is 0 Å². The number of esters is 1. The average molecular weight is 202 g/mol. The maximum atomic E-state index is 10.6. The zero-order valence-corrected chi connectivity index (χ0v) is 9.07. The van der Waals surface area contributed by atoms with E-state index in [1.165, 1.54) is 31.1 Å². The average Bonchev–Trinajstić information content (AvgIpc) is 2.16. The van der Waals surface area contributed by atoms with Crippen LogP contribution in [0.3, 0.4) is 0 Å². The van der Waals surface area contributed by atoms with E-state index >= 15 is 0 Å². The van der Waals surface area contributed by atoms with Gasteiger partial charge >= 0.3 is 5.97 Å². The first kappa shape index (κ1) is 12.6. The number of thioether (sulfide) groups is 1. The Morgan fingerprint density at radius 2 is 2.23 bits per heavy atom. The molecule has 0 aliphatic heterocycles. The third kappa shape index (κ3) is 9.47. The summed E-state index contributed by atoms with van der Waals surface area (Å²) in [4.78, 5) is 10.6. The molecule has 0 spiro atoms. The van der Waals surface area contributed by atoms with E-state index in [2.05, 4.69) is 13.5 Å². The van der Waals surface area contributed by atoms with Crippen molar-refractivity contribution < 1.29 is 9.53 Å². The highest BCUT2D eigenvalue weighted by atomic mass is 32.2. The lowest BCUT2D eigenvalue weighted by molar-refractivity contribution is -0.137. The smallest absolute Gasteiger partial charge is 0.330 e. The van der Waals surface area contributed by atoms with Gasteiger partial charge in [0, 0.05) is 11.8 Å². The normalized spacial score (nSPS) is 9.62. The van der Waals surface area contributed by atoms with Gasteiger partial charge in [-0.2, -0.15) is 11.8 Å². The Bertz CT molecular complexity index is 146. The van der Waals surface area contributed by atoms with Gasteiger partial charge in [0.15, 0.2) is 0 Å². The van der Waals surface area contributed by atoms with Gasteiger partial charge in [0.1, 0.15) is 6.61 Å². The molecule has 0 aromatic rings. The van der Waals surface area contributed by atoms with Crippen molar-refractivity contribution in [1.82, 2.24) is 0 Å². The first-order valence-electron chi connectivity index (χ1n) is 4.68. The maximum absolute atomic E-state index is 10.6. The van der Waals surface area contributed by atoms with Crippen LogP contribution in [0.15, 0.2) is 12.7 Å². The number of unbranched alkanes of at least 4 members (excludes halogenated alkanes) is 2. The fourth-order valence-corrected chi connectivity index (χ4v) is 1.63. The van der Waals surface area contributed by atoms with Crippen LogP contribution in [0.25, 0.3) is 0 Å². The van der Waals surface area contributed by atoms with E-state index in [1.54, 1.807) is 0 Å². The molecule has 0 aromatic heterocycles. The number of hydrogen-bond acceptors (Lipinski definition) is 3. The van der Waals surface area contributed by atoms with Crippen molar-refractivity contribution >= 4 is 17.7 Å². The topological polar surface area (TPSA) is 26.3 Å². The van der Waals surface area contributed by atoms with Crippen LogP contribution < -0.4 is 0 Å². The lowest BCUT2D eigenvalue weighted by Crippen LogP contribution is -2.03. The summed E-state index contributed by atoms with van der Waals surface area (Å²) < 4.78 is 4.82. The SMILES string of the molecule is C=CC(=O)OCCSCCCCC. The molecule has 2 nitrogen and oxygen atoms in total. The minimum atomic E-state index is -0.325. The van der Waals surface area contributed by atoms with Crippen LogP contribution in [-0.2, 0) is 9.53 Å². The van der Waals surface area contributed by atoms with Crippen molar-refractivity contribution in [3.05, 3.63) is 12.7 Å². The van der Waals surface area contributed by atoms with E-state index < -0.39 is 0 Å². The quantitative estimate of drug-likeness (QED) is 0.344. The fraction of sp³-hybridized carbons (Fsp3) is 0.700. The molecule has 0 unspecified atom stereocenters. The van der Waals surface area contributed by atoms with Crippen molar-refractivity contribution in [3.8, 4) is 0 Å². The summed E-state index contributed by atoms with van der Waals surface area (Å²) in [6.07, 6.45) is 5.00. The number of carbonyl (C=O) groups excluding carboxylic acids is 1. The number of rotatable bonds is 8. The highest BCUT2D eigenvalue weighted by molar-refractivity contribution is 7.99. The zero-order chi connectivity index (χ0) is 9.94. The lowest BCUT2D eigenvalue weighted by atomic mass is 10.3. The monoisotopic (exact) mass is 202 g/mol. The number of ether oxygens (including phenoxy) is 1. The van der Waals surface area contributed by atoms with Gasteiger partial charge in [0.05, 0.1) is 0 Å². The summed E-state index contributed by atoms with van der Waals surface area (Å²) in [5, 5.41) is 0. The third-order valence-corrected chi connectivity index (χ3v) is 2.56. The summed E-state index contributed by atoms with van der Waals surface area (Å²) in [5.41, 5.74) is 0. The second-order valence-corrected chi connectivity index (χ2v) is 3.92. The van der Waals surface area contributed by atoms with Gasteiger partial charge in [-0.05, 0) is 12.2 Å². The van der Waals surface area contributed by atoms with Crippen LogP contribution in [0.5, 0.6) is 0 Å². The highest BCUT2D eigenvalue weighted by Gasteiger charge is 1.94. The molecule has 0 aromatic carbocycles. The van der Waals surface area contributed by atoms with Gasteiger partial charge in [-0.15, -0.1) is 0 Å². The number of carbonyl (C=O) groups is 1. The minimum Gasteiger partial charge on any atom is -0.462 e. The Morgan fingerprint density at radius 3 is 2.85 bits per heavy atom. The second kappa shape index (κ2) is 9.65. The van der Waals surface area contributed by atoms with Crippen LogP contribution in [0.4, 0.5) is 0 Å². The summed E-state index contributed by atoms with van der Waals surface area (Å²) in [5.74, 6) is 1.73. The molecule has 0 bridgehead atoms. The minimum absolute atomic E-state index is 0.325. The standard InChI is InChI=1S/C10H18O2S/c1-3-5-6-8-13-9-7-12-10(11)4-2/h4H,2-3,5-9H2,1H3. The summed E-state index contributed by atoms with van der Waals surface area (Å²) >= 11 is 1.83. The van der Waals surface area contributed by atoms with Crippen LogP contribution in [0, 0.1) is 0 Å². The van der Waals surface area contributed by atoms with E-state index in [9.17, 15) is 4.79 Å². The Balaban J connectivity index is 2.99. The van der Waals surface area contributed by atoms with Gasteiger partial charge in [0.2, 0.25) is 0 Å². The molecule has 0 saturated heterocycles. The first-order valence-corrected chi connectivity index (χ1v) is 5.83. The lowest BCUT2D eigenvalue weighted by Gasteiger charge is -2.01. The van der Waals surface area contributed by atoms with E-state index in [1.807, 2.05) is 11.8 Å². The molecule has 3 heteroatoms. The molecule has 0 rings (SSSR count). The molecule has 0 N–H and O–H groups in total. The van der Waals surface area contributed by atoms with E-state index in [0.29, 0.717) is 6.61 Å². The Hall–Kier alpha value is -0.440. The van der Waals surface area contributed by atoms with Gasteiger partial charge in [-0.1, -0.05) is 26.3 Å². The van der Waals surface area contributed by atoms with Crippen molar-refractivity contribution in [3.63, 3.8) is 0 Å². The van der Waals surface area contributed by atoms with E-state index in [0.717, 1.165) is 5.75 Å². The van der Waals surface area contributed by atoms with Crippen molar-refractivity contribution in [2.45, 2.75) is 26.2 Å². The molecule has 13 heavy (non-hydrogen) atoms. The van der Waals surface area contributed by atoms with Crippen molar-refractivity contribution in [2.75, 3.05) is 18.1 Å². The fourth-order valence-electron chi connectivity index (χ4n) is 0.816. The largest absolute Gasteiger partial charge is 0.462 e. The third-order valence-electron chi connectivity index (χ3n) is 1.53. The molecular weight excluding hydrogens is 184 g/mol. The van der Waals surface area contributed by atoms with Crippen LogP contribution in [-0.4, -0.2) is 24.1 Å². The molecule has 0 radical (unpaired) electrons. The molecule has 0 saturated carbocycles. The molecule has 0 atom stereocenters.